The molecule has 2 aromatic rings. The molecule has 0 saturated carbocycles. The first-order chi connectivity index (χ1) is 12.3. The van der Waals surface area contributed by atoms with Gasteiger partial charge in [0.15, 0.2) is 5.82 Å². The molecule has 1 fully saturated rings. The maximum atomic E-state index is 10.6. The summed E-state index contributed by atoms with van der Waals surface area (Å²) in [6, 6.07) is 9.51. The number of rotatable bonds is 4. The number of nitrogens with one attached hydrogen (secondary N) is 1. The summed E-state index contributed by atoms with van der Waals surface area (Å²) in [6.45, 7) is 4.38. The van der Waals surface area contributed by atoms with Gasteiger partial charge in [0.05, 0.1) is 17.4 Å². The number of hydrogen-bond donors (Lipinski definition) is 2. The quantitative estimate of drug-likeness (QED) is 0.814. The van der Waals surface area contributed by atoms with E-state index in [9.17, 15) is 9.90 Å². The molecule has 130 valence electrons. The van der Waals surface area contributed by atoms with Crippen LogP contribution in [0.1, 0.15) is 6.42 Å². The van der Waals surface area contributed by atoms with Crippen molar-refractivity contribution in [3.05, 3.63) is 30.3 Å². The molecule has 25 heavy (non-hydrogen) atoms. The van der Waals surface area contributed by atoms with Gasteiger partial charge in [-0.3, -0.25) is 4.90 Å². The number of aromatic hydroxyl groups is 1. The fourth-order valence-corrected chi connectivity index (χ4v) is 3.61. The van der Waals surface area contributed by atoms with E-state index in [1.165, 1.54) is 0 Å². The molecule has 4 rings (SSSR count). The Morgan fingerprint density at radius 2 is 2.16 bits per heavy atom. The van der Waals surface area contributed by atoms with E-state index < -0.39 is 0 Å². The molecule has 0 aliphatic carbocycles. The maximum absolute atomic E-state index is 10.6. The second-order valence-electron chi connectivity index (χ2n) is 6.46. The van der Waals surface area contributed by atoms with Crippen molar-refractivity contribution in [1.82, 2.24) is 15.1 Å². The molecule has 7 heteroatoms. The SMILES string of the molecule is O=CCCN1CCN2c3cc(-c4ccccc4O)nnc3NCC2C1. The van der Waals surface area contributed by atoms with Crippen molar-refractivity contribution in [3.8, 4) is 17.0 Å². The Hall–Kier alpha value is -2.67. The van der Waals surface area contributed by atoms with E-state index in [0.717, 1.165) is 50.5 Å². The van der Waals surface area contributed by atoms with Gasteiger partial charge in [0, 0.05) is 44.7 Å². The van der Waals surface area contributed by atoms with Gasteiger partial charge in [-0.05, 0) is 18.2 Å². The number of piperazine rings is 1. The molecule has 7 nitrogen and oxygen atoms in total. The number of para-hydroxylation sites is 1. The largest absolute Gasteiger partial charge is 0.507 e. The average molecular weight is 339 g/mol. The molecular formula is C18H21N5O2. The molecule has 0 radical (unpaired) electrons. The summed E-state index contributed by atoms with van der Waals surface area (Å²) in [5, 5.41) is 22.0. The number of anilines is 2. The molecule has 2 N–H and O–H groups in total. The van der Waals surface area contributed by atoms with Gasteiger partial charge >= 0.3 is 0 Å². The fourth-order valence-electron chi connectivity index (χ4n) is 3.61. The molecule has 1 aromatic carbocycles. The lowest BCUT2D eigenvalue weighted by atomic mass is 10.1. The Balaban J connectivity index is 1.61. The van der Waals surface area contributed by atoms with Gasteiger partial charge < -0.3 is 20.1 Å². The average Bonchev–Trinajstić information content (AvgIpc) is 2.66. The minimum Gasteiger partial charge on any atom is -0.507 e. The van der Waals surface area contributed by atoms with Crippen molar-refractivity contribution >= 4 is 17.8 Å². The van der Waals surface area contributed by atoms with E-state index in [4.69, 9.17) is 0 Å². The van der Waals surface area contributed by atoms with E-state index in [2.05, 4.69) is 25.3 Å². The molecular weight excluding hydrogens is 318 g/mol. The third-order valence-corrected chi connectivity index (χ3v) is 4.90. The molecule has 1 aromatic heterocycles. The number of benzene rings is 1. The van der Waals surface area contributed by atoms with Crippen LogP contribution < -0.4 is 10.2 Å². The number of phenolic OH excluding ortho intramolecular Hbond substituents is 1. The second kappa shape index (κ2) is 6.68. The van der Waals surface area contributed by atoms with E-state index in [-0.39, 0.29) is 5.75 Å². The summed E-state index contributed by atoms with van der Waals surface area (Å²) in [6.07, 6.45) is 1.56. The Bertz CT molecular complexity index is 782. The third-order valence-electron chi connectivity index (χ3n) is 4.90. The molecule has 2 aliphatic heterocycles. The van der Waals surface area contributed by atoms with E-state index >= 15 is 0 Å². The highest BCUT2D eigenvalue weighted by molar-refractivity contribution is 5.76. The highest BCUT2D eigenvalue weighted by Crippen LogP contribution is 2.35. The molecule has 1 unspecified atom stereocenters. The van der Waals surface area contributed by atoms with Crippen molar-refractivity contribution in [2.45, 2.75) is 12.5 Å². The van der Waals surface area contributed by atoms with Gasteiger partial charge in [0.25, 0.3) is 0 Å². The van der Waals surface area contributed by atoms with E-state index in [1.807, 2.05) is 18.2 Å². The summed E-state index contributed by atoms with van der Waals surface area (Å²) >= 11 is 0. The second-order valence-corrected chi connectivity index (χ2v) is 6.46. The Morgan fingerprint density at radius 1 is 1.28 bits per heavy atom. The first kappa shape index (κ1) is 15.8. The van der Waals surface area contributed by atoms with Gasteiger partial charge in [-0.25, -0.2) is 0 Å². The van der Waals surface area contributed by atoms with Gasteiger partial charge in [-0.15, -0.1) is 10.2 Å². The third kappa shape index (κ3) is 3.02. The fraction of sp³-hybridized carbons (Fsp3) is 0.389. The van der Waals surface area contributed by atoms with Crippen LogP contribution in [-0.4, -0.2) is 65.3 Å². The predicted molar refractivity (Wildman–Crippen MR) is 95.9 cm³/mol. The number of aromatic nitrogens is 2. The molecule has 1 saturated heterocycles. The Labute approximate surface area is 146 Å². The lowest BCUT2D eigenvalue weighted by Gasteiger charge is -2.45. The number of fused-ring (bicyclic) bond motifs is 3. The minimum atomic E-state index is 0.204. The van der Waals surface area contributed by atoms with Crippen LogP contribution in [0.3, 0.4) is 0 Å². The van der Waals surface area contributed by atoms with Crippen molar-refractivity contribution in [2.75, 3.05) is 42.9 Å². The number of hydrogen-bond acceptors (Lipinski definition) is 7. The highest BCUT2D eigenvalue weighted by Gasteiger charge is 2.32. The maximum Gasteiger partial charge on any atom is 0.172 e. The van der Waals surface area contributed by atoms with E-state index in [0.29, 0.717) is 23.7 Å². The highest BCUT2D eigenvalue weighted by atomic mass is 16.3. The number of carbonyl (C=O) groups excluding carboxylic acids is 1. The van der Waals surface area contributed by atoms with Gasteiger partial charge in [0.1, 0.15) is 12.0 Å². The number of aldehydes is 1. The van der Waals surface area contributed by atoms with Crippen LogP contribution in [0.25, 0.3) is 11.3 Å². The minimum absolute atomic E-state index is 0.204. The molecule has 0 bridgehead atoms. The summed E-state index contributed by atoms with van der Waals surface area (Å²) in [4.78, 5) is 15.3. The van der Waals surface area contributed by atoms with Crippen molar-refractivity contribution in [1.29, 1.82) is 0 Å². The van der Waals surface area contributed by atoms with Crippen LogP contribution in [0.4, 0.5) is 11.5 Å². The van der Waals surface area contributed by atoms with Crippen LogP contribution in [0, 0.1) is 0 Å². The van der Waals surface area contributed by atoms with Crippen LogP contribution in [-0.2, 0) is 4.79 Å². The lowest BCUT2D eigenvalue weighted by molar-refractivity contribution is -0.108. The van der Waals surface area contributed by atoms with E-state index in [1.54, 1.807) is 12.1 Å². The van der Waals surface area contributed by atoms with Crippen LogP contribution >= 0.6 is 0 Å². The van der Waals surface area contributed by atoms with Crippen LogP contribution in [0.5, 0.6) is 5.75 Å². The molecule has 0 spiro atoms. The first-order valence-electron chi connectivity index (χ1n) is 8.59. The van der Waals surface area contributed by atoms with Crippen molar-refractivity contribution in [3.63, 3.8) is 0 Å². The number of nitrogens with zero attached hydrogens (tertiary/aromatic N) is 4. The van der Waals surface area contributed by atoms with Crippen LogP contribution in [0.2, 0.25) is 0 Å². The molecule has 0 amide bonds. The van der Waals surface area contributed by atoms with Gasteiger partial charge in [0.2, 0.25) is 0 Å². The number of phenols is 1. The smallest absolute Gasteiger partial charge is 0.172 e. The van der Waals surface area contributed by atoms with Gasteiger partial charge in [-0.2, -0.15) is 0 Å². The molecule has 1 atom stereocenters. The normalized spacial score (nSPS) is 19.7. The topological polar surface area (TPSA) is 81.6 Å². The number of carbonyl (C=O) groups is 1. The molecule has 3 heterocycles. The van der Waals surface area contributed by atoms with Crippen molar-refractivity contribution in [2.24, 2.45) is 0 Å². The summed E-state index contributed by atoms with van der Waals surface area (Å²) in [5.74, 6) is 0.993. The summed E-state index contributed by atoms with van der Waals surface area (Å²) in [5.41, 5.74) is 2.38. The Kier molecular flexibility index (Phi) is 4.23. The van der Waals surface area contributed by atoms with Crippen molar-refractivity contribution < 1.29 is 9.90 Å². The summed E-state index contributed by atoms with van der Waals surface area (Å²) in [7, 11) is 0. The lowest BCUT2D eigenvalue weighted by Crippen LogP contribution is -2.58. The standard InChI is InChI=1S/C18H21N5O2/c24-9-3-6-22-7-8-23-13(12-22)11-19-18-16(23)10-15(20-21-18)14-4-1-2-5-17(14)25/h1-2,4-5,9-10,13,25H,3,6-8,11-12H2,(H,19,21). The molecule has 2 aliphatic rings. The van der Waals surface area contributed by atoms with Crippen LogP contribution in [0.15, 0.2) is 30.3 Å². The zero-order valence-corrected chi connectivity index (χ0v) is 13.9. The zero-order valence-electron chi connectivity index (χ0n) is 13.9. The zero-order chi connectivity index (χ0) is 17.2. The van der Waals surface area contributed by atoms with Gasteiger partial charge in [-0.1, -0.05) is 12.1 Å². The Morgan fingerprint density at radius 3 is 3.00 bits per heavy atom. The predicted octanol–water partition coefficient (Wildman–Crippen LogP) is 1.35. The summed E-state index contributed by atoms with van der Waals surface area (Å²) < 4.78 is 0. The first-order valence-corrected chi connectivity index (χ1v) is 8.59. The monoisotopic (exact) mass is 339 g/mol.